The summed E-state index contributed by atoms with van der Waals surface area (Å²) >= 11 is 0. The number of aromatic amines is 1. The largest absolute Gasteiger partial charge is 0.454 e. The second kappa shape index (κ2) is 5.58. The van der Waals surface area contributed by atoms with Crippen LogP contribution < -0.4 is 20.5 Å². The van der Waals surface area contributed by atoms with Crippen LogP contribution in [0.2, 0.25) is 0 Å². The molecule has 120 valence electrons. The molecule has 0 fully saturated rings. The predicted octanol–water partition coefficient (Wildman–Crippen LogP) is 1.54. The van der Waals surface area contributed by atoms with Gasteiger partial charge in [-0.1, -0.05) is 18.2 Å². The molecule has 1 aliphatic heterocycles. The minimum Gasteiger partial charge on any atom is -0.454 e. The zero-order chi connectivity index (χ0) is 16.5. The number of ether oxygens (including phenoxy) is 2. The quantitative estimate of drug-likeness (QED) is 0.761. The lowest BCUT2D eigenvalue weighted by molar-refractivity contribution is 0.101. The molecule has 24 heavy (non-hydrogen) atoms. The fourth-order valence-corrected chi connectivity index (χ4v) is 2.34. The number of H-pyrrole nitrogens is 1. The average molecular weight is 324 g/mol. The van der Waals surface area contributed by atoms with Gasteiger partial charge in [0.15, 0.2) is 11.5 Å². The number of amides is 1. The molecule has 3 aromatic rings. The molecule has 1 aromatic heterocycles. The summed E-state index contributed by atoms with van der Waals surface area (Å²) in [5, 5.41) is 6.69. The highest BCUT2D eigenvalue weighted by atomic mass is 16.7. The van der Waals surface area contributed by atoms with E-state index in [1.54, 1.807) is 42.5 Å². The van der Waals surface area contributed by atoms with Crippen molar-refractivity contribution in [2.24, 2.45) is 0 Å². The molecule has 0 atom stereocenters. The molecular formula is C16H12N4O4. The van der Waals surface area contributed by atoms with Gasteiger partial charge in [-0.2, -0.15) is 4.68 Å². The summed E-state index contributed by atoms with van der Waals surface area (Å²) in [6.07, 6.45) is 0. The lowest BCUT2D eigenvalue weighted by atomic mass is 10.3. The molecule has 0 unspecified atom stereocenters. The van der Waals surface area contributed by atoms with Crippen LogP contribution in [0.15, 0.2) is 53.3 Å². The van der Waals surface area contributed by atoms with E-state index in [9.17, 15) is 9.59 Å². The molecular weight excluding hydrogens is 312 g/mol. The SMILES string of the molecule is O=C(Nc1ccc2c(c1)OCO2)c1nn(-c2ccccc2)c(=O)[nH]1. The van der Waals surface area contributed by atoms with Crippen molar-refractivity contribution in [3.8, 4) is 17.2 Å². The van der Waals surface area contributed by atoms with Gasteiger partial charge in [-0.25, -0.2) is 4.79 Å². The highest BCUT2D eigenvalue weighted by Gasteiger charge is 2.17. The summed E-state index contributed by atoms with van der Waals surface area (Å²) < 4.78 is 11.6. The topological polar surface area (TPSA) is 98.2 Å². The Hall–Kier alpha value is -3.55. The van der Waals surface area contributed by atoms with E-state index in [1.165, 1.54) is 0 Å². The van der Waals surface area contributed by atoms with Crippen molar-refractivity contribution in [1.82, 2.24) is 14.8 Å². The number of carbonyl (C=O) groups is 1. The predicted molar refractivity (Wildman–Crippen MR) is 84.7 cm³/mol. The molecule has 0 radical (unpaired) electrons. The van der Waals surface area contributed by atoms with Crippen LogP contribution in [-0.2, 0) is 0 Å². The summed E-state index contributed by atoms with van der Waals surface area (Å²) in [4.78, 5) is 26.7. The first-order chi connectivity index (χ1) is 11.7. The van der Waals surface area contributed by atoms with Crippen molar-refractivity contribution >= 4 is 11.6 Å². The number of fused-ring (bicyclic) bond motifs is 1. The van der Waals surface area contributed by atoms with E-state index < -0.39 is 11.6 Å². The Kier molecular flexibility index (Phi) is 3.27. The molecule has 2 N–H and O–H groups in total. The normalized spacial score (nSPS) is 12.2. The van der Waals surface area contributed by atoms with Crippen LogP contribution in [0.1, 0.15) is 10.6 Å². The molecule has 1 amide bonds. The average Bonchev–Trinajstić information content (AvgIpc) is 3.21. The van der Waals surface area contributed by atoms with Gasteiger partial charge in [0.25, 0.3) is 5.91 Å². The van der Waals surface area contributed by atoms with Crippen LogP contribution in [0, 0.1) is 0 Å². The fourth-order valence-electron chi connectivity index (χ4n) is 2.34. The summed E-state index contributed by atoms with van der Waals surface area (Å²) in [5.74, 6) is 0.563. The third kappa shape index (κ3) is 2.50. The highest BCUT2D eigenvalue weighted by Crippen LogP contribution is 2.34. The Labute approximate surface area is 135 Å². The maximum absolute atomic E-state index is 12.3. The van der Waals surface area contributed by atoms with Gasteiger partial charge in [-0.3, -0.25) is 9.78 Å². The Morgan fingerprint density at radius 2 is 1.92 bits per heavy atom. The number of rotatable bonds is 3. The highest BCUT2D eigenvalue weighted by molar-refractivity contribution is 6.01. The molecule has 0 bridgehead atoms. The third-order valence-electron chi connectivity index (χ3n) is 3.46. The van der Waals surface area contributed by atoms with E-state index in [1.807, 2.05) is 6.07 Å². The molecule has 8 nitrogen and oxygen atoms in total. The number of hydrogen-bond acceptors (Lipinski definition) is 5. The van der Waals surface area contributed by atoms with E-state index in [0.717, 1.165) is 4.68 Å². The first-order valence-corrected chi connectivity index (χ1v) is 7.16. The molecule has 0 saturated carbocycles. The van der Waals surface area contributed by atoms with Gasteiger partial charge in [0.05, 0.1) is 5.69 Å². The van der Waals surface area contributed by atoms with Crippen LogP contribution in [-0.4, -0.2) is 27.5 Å². The Balaban J connectivity index is 1.58. The van der Waals surface area contributed by atoms with E-state index in [4.69, 9.17) is 9.47 Å². The molecule has 1 aliphatic rings. The number of benzene rings is 2. The van der Waals surface area contributed by atoms with Gasteiger partial charge in [0.1, 0.15) is 0 Å². The van der Waals surface area contributed by atoms with Gasteiger partial charge in [-0.05, 0) is 24.3 Å². The van der Waals surface area contributed by atoms with E-state index in [0.29, 0.717) is 22.9 Å². The van der Waals surface area contributed by atoms with E-state index >= 15 is 0 Å². The summed E-state index contributed by atoms with van der Waals surface area (Å²) in [6, 6.07) is 13.9. The lowest BCUT2D eigenvalue weighted by Gasteiger charge is -2.04. The second-order valence-corrected chi connectivity index (χ2v) is 5.05. The number of aromatic nitrogens is 3. The van der Waals surface area contributed by atoms with Gasteiger partial charge in [0, 0.05) is 11.8 Å². The second-order valence-electron chi connectivity index (χ2n) is 5.05. The van der Waals surface area contributed by atoms with Crippen molar-refractivity contribution in [3.63, 3.8) is 0 Å². The standard InChI is InChI=1S/C16H12N4O4/c21-15(17-10-6-7-12-13(8-10)24-9-23-12)14-18-16(22)20(19-14)11-4-2-1-3-5-11/h1-8H,9H2,(H,17,21)(H,18,19,22). The summed E-state index contributed by atoms with van der Waals surface area (Å²) in [5.41, 5.74) is 0.595. The maximum atomic E-state index is 12.3. The zero-order valence-corrected chi connectivity index (χ0v) is 12.4. The van der Waals surface area contributed by atoms with Crippen molar-refractivity contribution in [1.29, 1.82) is 0 Å². The van der Waals surface area contributed by atoms with Crippen LogP contribution in [0.4, 0.5) is 5.69 Å². The van der Waals surface area contributed by atoms with Crippen molar-refractivity contribution in [2.75, 3.05) is 12.1 Å². The van der Waals surface area contributed by atoms with Crippen molar-refractivity contribution in [2.45, 2.75) is 0 Å². The smallest absolute Gasteiger partial charge is 0.348 e. The zero-order valence-electron chi connectivity index (χ0n) is 12.4. The number of hydrogen-bond donors (Lipinski definition) is 2. The van der Waals surface area contributed by atoms with Gasteiger partial charge in [-0.15, -0.1) is 5.10 Å². The molecule has 0 saturated heterocycles. The number of nitrogens with one attached hydrogen (secondary N) is 2. The minimum absolute atomic E-state index is 0.0819. The Bertz CT molecular complexity index is 962. The number of carbonyl (C=O) groups excluding carboxylic acids is 1. The minimum atomic E-state index is -0.527. The van der Waals surface area contributed by atoms with Gasteiger partial charge < -0.3 is 14.8 Å². The van der Waals surface area contributed by atoms with Crippen LogP contribution in [0.5, 0.6) is 11.5 Å². The fraction of sp³-hybridized carbons (Fsp3) is 0.0625. The van der Waals surface area contributed by atoms with Gasteiger partial charge >= 0.3 is 5.69 Å². The first-order valence-electron chi connectivity index (χ1n) is 7.16. The van der Waals surface area contributed by atoms with Crippen molar-refractivity contribution in [3.05, 3.63) is 64.8 Å². The maximum Gasteiger partial charge on any atom is 0.348 e. The monoisotopic (exact) mass is 324 g/mol. The van der Waals surface area contributed by atoms with E-state index in [-0.39, 0.29) is 12.6 Å². The van der Waals surface area contributed by atoms with Crippen molar-refractivity contribution < 1.29 is 14.3 Å². The Morgan fingerprint density at radius 3 is 2.75 bits per heavy atom. The third-order valence-corrected chi connectivity index (χ3v) is 3.46. The van der Waals surface area contributed by atoms with Gasteiger partial charge in [0.2, 0.25) is 12.6 Å². The molecule has 0 aliphatic carbocycles. The molecule has 8 heteroatoms. The number of anilines is 1. The van der Waals surface area contributed by atoms with E-state index in [2.05, 4.69) is 15.4 Å². The molecule has 2 aromatic carbocycles. The van der Waals surface area contributed by atoms with Crippen LogP contribution in [0.3, 0.4) is 0 Å². The number of para-hydroxylation sites is 1. The summed E-state index contributed by atoms with van der Waals surface area (Å²) in [7, 11) is 0. The lowest BCUT2D eigenvalue weighted by Crippen LogP contribution is -2.15. The molecule has 4 rings (SSSR count). The number of nitrogens with zero attached hydrogens (tertiary/aromatic N) is 2. The first kappa shape index (κ1) is 14.1. The van der Waals surface area contributed by atoms with Crippen LogP contribution >= 0.6 is 0 Å². The van der Waals surface area contributed by atoms with Crippen LogP contribution in [0.25, 0.3) is 5.69 Å². The molecule has 2 heterocycles. The Morgan fingerprint density at radius 1 is 1.12 bits per heavy atom. The molecule has 0 spiro atoms. The summed E-state index contributed by atoms with van der Waals surface area (Å²) in [6.45, 7) is 0.154.